The van der Waals surface area contributed by atoms with Crippen LogP contribution in [0, 0.1) is 0 Å². The number of carbonyl (C=O) groups excluding carboxylic acids is 1. The maximum absolute atomic E-state index is 10.4. The van der Waals surface area contributed by atoms with E-state index >= 15 is 0 Å². The first-order valence-electron chi connectivity index (χ1n) is 4.64. The number of rotatable bonds is 5. The Hall–Kier alpha value is -1.55. The number of ether oxygens (including phenoxy) is 2. The van der Waals surface area contributed by atoms with Crippen LogP contribution in [0.1, 0.15) is 18.0 Å². The zero-order valence-corrected chi connectivity index (χ0v) is 8.90. The summed E-state index contributed by atoms with van der Waals surface area (Å²) in [5.41, 5.74) is 6.62. The maximum atomic E-state index is 10.4. The lowest BCUT2D eigenvalue weighted by atomic mass is 10.0. The molecular formula is C11H15NO3. The van der Waals surface area contributed by atoms with E-state index in [1.165, 1.54) is 0 Å². The smallest absolute Gasteiger partial charge is 0.165 e. The zero-order chi connectivity index (χ0) is 11.3. The predicted octanol–water partition coefficient (Wildman–Crippen LogP) is 1.29. The minimum atomic E-state index is -0.354. The van der Waals surface area contributed by atoms with Crippen LogP contribution >= 0.6 is 0 Å². The highest BCUT2D eigenvalue weighted by Gasteiger charge is 2.14. The van der Waals surface area contributed by atoms with Gasteiger partial charge in [0, 0.05) is 18.0 Å². The van der Waals surface area contributed by atoms with Gasteiger partial charge in [0.05, 0.1) is 14.2 Å². The summed E-state index contributed by atoms with van der Waals surface area (Å²) in [6, 6.07) is 5.08. The number of benzene rings is 1. The van der Waals surface area contributed by atoms with Gasteiger partial charge in [0.1, 0.15) is 6.29 Å². The molecule has 0 aliphatic heterocycles. The molecule has 0 amide bonds. The molecule has 1 aromatic rings. The van der Waals surface area contributed by atoms with Gasteiger partial charge in [-0.05, 0) is 6.07 Å². The summed E-state index contributed by atoms with van der Waals surface area (Å²) >= 11 is 0. The highest BCUT2D eigenvalue weighted by Crippen LogP contribution is 2.34. The number of carbonyl (C=O) groups is 1. The van der Waals surface area contributed by atoms with Crippen LogP contribution in [0.2, 0.25) is 0 Å². The second-order valence-electron chi connectivity index (χ2n) is 3.09. The van der Waals surface area contributed by atoms with Gasteiger partial charge >= 0.3 is 0 Å². The van der Waals surface area contributed by atoms with Crippen LogP contribution in [0.3, 0.4) is 0 Å². The van der Waals surface area contributed by atoms with Gasteiger partial charge in [-0.2, -0.15) is 0 Å². The molecule has 0 radical (unpaired) electrons. The quantitative estimate of drug-likeness (QED) is 0.742. The molecule has 0 spiro atoms. The maximum Gasteiger partial charge on any atom is 0.165 e. The largest absolute Gasteiger partial charge is 0.493 e. The second-order valence-corrected chi connectivity index (χ2v) is 3.09. The molecule has 0 fully saturated rings. The summed E-state index contributed by atoms with van der Waals surface area (Å²) < 4.78 is 10.4. The van der Waals surface area contributed by atoms with E-state index in [0.29, 0.717) is 11.5 Å². The summed E-state index contributed by atoms with van der Waals surface area (Å²) in [5.74, 6) is 1.21. The fourth-order valence-electron chi connectivity index (χ4n) is 1.43. The fraction of sp³-hybridized carbons (Fsp3) is 0.364. The number of hydrogen-bond acceptors (Lipinski definition) is 4. The standard InChI is InChI=1S/C11H15NO3/c1-14-10-5-3-4-8(11(10)15-2)9(12)6-7-13/h3-5,7,9H,6,12H2,1-2H3. The molecule has 0 aliphatic rings. The van der Waals surface area contributed by atoms with Crippen LogP contribution in [-0.4, -0.2) is 20.5 Å². The molecule has 15 heavy (non-hydrogen) atoms. The van der Waals surface area contributed by atoms with Crippen LogP contribution in [0.4, 0.5) is 0 Å². The van der Waals surface area contributed by atoms with Crippen molar-refractivity contribution in [2.45, 2.75) is 12.5 Å². The summed E-state index contributed by atoms with van der Waals surface area (Å²) in [7, 11) is 3.11. The fourth-order valence-corrected chi connectivity index (χ4v) is 1.43. The Morgan fingerprint density at radius 3 is 2.67 bits per heavy atom. The van der Waals surface area contributed by atoms with Crippen molar-refractivity contribution in [3.8, 4) is 11.5 Å². The van der Waals surface area contributed by atoms with Crippen molar-refractivity contribution in [2.24, 2.45) is 5.73 Å². The van der Waals surface area contributed by atoms with Crippen LogP contribution in [0.5, 0.6) is 11.5 Å². The van der Waals surface area contributed by atoms with Gasteiger partial charge in [0.25, 0.3) is 0 Å². The number of nitrogens with two attached hydrogens (primary N) is 1. The molecule has 0 heterocycles. The normalized spacial score (nSPS) is 11.9. The Balaban J connectivity index is 3.10. The monoisotopic (exact) mass is 209 g/mol. The molecule has 82 valence electrons. The number of para-hydroxylation sites is 1. The lowest BCUT2D eigenvalue weighted by Gasteiger charge is -2.15. The van der Waals surface area contributed by atoms with E-state index in [9.17, 15) is 4.79 Å². The summed E-state index contributed by atoms with van der Waals surface area (Å²) in [6.45, 7) is 0. The van der Waals surface area contributed by atoms with Gasteiger partial charge in [0.2, 0.25) is 0 Å². The van der Waals surface area contributed by atoms with Crippen molar-refractivity contribution in [1.82, 2.24) is 0 Å². The molecule has 0 saturated heterocycles. The molecule has 1 aromatic carbocycles. The first-order valence-corrected chi connectivity index (χ1v) is 4.64. The molecule has 0 aliphatic carbocycles. The first kappa shape index (κ1) is 11.5. The third kappa shape index (κ3) is 2.47. The van der Waals surface area contributed by atoms with Crippen molar-refractivity contribution >= 4 is 6.29 Å². The van der Waals surface area contributed by atoms with E-state index in [-0.39, 0.29) is 12.5 Å². The van der Waals surface area contributed by atoms with E-state index in [0.717, 1.165) is 11.8 Å². The Bertz CT molecular complexity index is 339. The minimum Gasteiger partial charge on any atom is -0.493 e. The van der Waals surface area contributed by atoms with Gasteiger partial charge < -0.3 is 20.0 Å². The van der Waals surface area contributed by atoms with Crippen LogP contribution in [0.25, 0.3) is 0 Å². The molecule has 1 atom stereocenters. The molecule has 2 N–H and O–H groups in total. The van der Waals surface area contributed by atoms with E-state index in [1.807, 2.05) is 12.1 Å². The Labute approximate surface area is 89.0 Å². The molecule has 1 unspecified atom stereocenters. The molecule has 4 heteroatoms. The Morgan fingerprint density at radius 1 is 1.40 bits per heavy atom. The molecule has 0 bridgehead atoms. The van der Waals surface area contributed by atoms with Crippen molar-refractivity contribution < 1.29 is 14.3 Å². The van der Waals surface area contributed by atoms with Crippen LogP contribution in [0.15, 0.2) is 18.2 Å². The van der Waals surface area contributed by atoms with E-state index < -0.39 is 0 Å². The zero-order valence-electron chi connectivity index (χ0n) is 8.90. The average molecular weight is 209 g/mol. The van der Waals surface area contributed by atoms with E-state index in [2.05, 4.69) is 0 Å². The van der Waals surface area contributed by atoms with Crippen LogP contribution in [-0.2, 0) is 4.79 Å². The highest BCUT2D eigenvalue weighted by molar-refractivity contribution is 5.54. The number of aldehydes is 1. The lowest BCUT2D eigenvalue weighted by molar-refractivity contribution is -0.108. The van der Waals surface area contributed by atoms with Crippen molar-refractivity contribution in [3.05, 3.63) is 23.8 Å². The first-order chi connectivity index (χ1) is 7.24. The van der Waals surface area contributed by atoms with Crippen molar-refractivity contribution in [2.75, 3.05) is 14.2 Å². The van der Waals surface area contributed by atoms with Gasteiger partial charge in [-0.1, -0.05) is 12.1 Å². The second kappa shape index (κ2) is 5.36. The number of methoxy groups -OCH3 is 2. The average Bonchev–Trinajstić information content (AvgIpc) is 2.28. The van der Waals surface area contributed by atoms with Crippen molar-refractivity contribution in [1.29, 1.82) is 0 Å². The van der Waals surface area contributed by atoms with Crippen molar-refractivity contribution in [3.63, 3.8) is 0 Å². The van der Waals surface area contributed by atoms with E-state index in [1.54, 1.807) is 20.3 Å². The summed E-state index contributed by atoms with van der Waals surface area (Å²) in [5, 5.41) is 0. The summed E-state index contributed by atoms with van der Waals surface area (Å²) in [4.78, 5) is 10.4. The molecule has 4 nitrogen and oxygen atoms in total. The van der Waals surface area contributed by atoms with Gasteiger partial charge in [-0.3, -0.25) is 0 Å². The Morgan fingerprint density at radius 2 is 2.13 bits per heavy atom. The SMILES string of the molecule is COc1cccc(C(N)CC=O)c1OC. The minimum absolute atomic E-state index is 0.267. The Kier molecular flexibility index (Phi) is 4.12. The number of hydrogen-bond donors (Lipinski definition) is 1. The summed E-state index contributed by atoms with van der Waals surface area (Å²) in [6.07, 6.45) is 1.06. The topological polar surface area (TPSA) is 61.5 Å². The molecule has 1 rings (SSSR count). The molecule has 0 aromatic heterocycles. The van der Waals surface area contributed by atoms with Gasteiger partial charge in [0.15, 0.2) is 11.5 Å². The van der Waals surface area contributed by atoms with Crippen LogP contribution < -0.4 is 15.2 Å². The predicted molar refractivity (Wildman–Crippen MR) is 57.2 cm³/mol. The van der Waals surface area contributed by atoms with Gasteiger partial charge in [-0.25, -0.2) is 0 Å². The molecular weight excluding hydrogens is 194 g/mol. The third-order valence-electron chi connectivity index (χ3n) is 2.18. The van der Waals surface area contributed by atoms with Gasteiger partial charge in [-0.15, -0.1) is 0 Å². The highest BCUT2D eigenvalue weighted by atomic mass is 16.5. The van der Waals surface area contributed by atoms with E-state index in [4.69, 9.17) is 15.2 Å². The third-order valence-corrected chi connectivity index (χ3v) is 2.18. The lowest BCUT2D eigenvalue weighted by Crippen LogP contribution is -2.12. The molecule has 0 saturated carbocycles.